The van der Waals surface area contributed by atoms with Crippen LogP contribution >= 0.6 is 8.53 Å². The van der Waals surface area contributed by atoms with Crippen LogP contribution in [-0.2, 0) is 18.8 Å². The molecule has 0 radical (unpaired) electrons. The number of nitrogens with two attached hydrogens (primary N) is 1. The number of para-hydroxylation sites is 1. The van der Waals surface area contributed by atoms with Crippen molar-refractivity contribution < 1.29 is 36.5 Å². The van der Waals surface area contributed by atoms with Gasteiger partial charge in [-0.25, -0.2) is 33.2 Å². The van der Waals surface area contributed by atoms with E-state index < -0.39 is 51.9 Å². The largest absolute Gasteiger partial charge is 0.462 e. The maximum Gasteiger partial charge on any atom is 0.320 e. The highest BCUT2D eigenvalue weighted by Crippen LogP contribution is 2.46. The van der Waals surface area contributed by atoms with E-state index >= 15 is 4.39 Å². The van der Waals surface area contributed by atoms with Crippen molar-refractivity contribution in [2.24, 2.45) is 0 Å². The number of hydrogen-bond acceptors (Lipinski definition) is 10. The number of nitrogen functional groups attached to an aromatic ring is 1. The van der Waals surface area contributed by atoms with E-state index in [1.54, 1.807) is 44.2 Å². The number of nitrogens with one attached hydrogen (secondary N) is 1. The summed E-state index contributed by atoms with van der Waals surface area (Å²) < 4.78 is 67.1. The van der Waals surface area contributed by atoms with Gasteiger partial charge in [0.2, 0.25) is 0 Å². The highest BCUT2D eigenvalue weighted by atomic mass is 31.2. The third-order valence-electron chi connectivity index (χ3n) is 5.34. The number of rotatable bonds is 11. The second-order valence-electron chi connectivity index (χ2n) is 8.49. The molecule has 11 nitrogen and oxygen atoms in total. The molecule has 1 fully saturated rings. The number of halogens is 3. The number of hydrogen-bond donors (Lipinski definition) is 2. The second-order valence-corrected chi connectivity index (χ2v) is 9.76. The third-order valence-corrected chi connectivity index (χ3v) is 6.50. The zero-order valence-electron chi connectivity index (χ0n) is 20.0. The van der Waals surface area contributed by atoms with Crippen molar-refractivity contribution in [3.8, 4) is 5.75 Å². The topological polar surface area (TPSA) is 136 Å². The first-order chi connectivity index (χ1) is 17.7. The van der Waals surface area contributed by atoms with Crippen molar-refractivity contribution in [1.29, 1.82) is 0 Å². The molecule has 1 aromatic carbocycles. The van der Waals surface area contributed by atoms with Crippen LogP contribution in [-0.4, -0.2) is 62.9 Å². The summed E-state index contributed by atoms with van der Waals surface area (Å²) in [6.45, 7) is 2.36. The molecule has 4 rings (SSSR count). The fourth-order valence-electron chi connectivity index (χ4n) is 3.66. The summed E-state index contributed by atoms with van der Waals surface area (Å²) in [5.41, 5.74) is 3.81. The van der Waals surface area contributed by atoms with Crippen LogP contribution < -0.4 is 15.3 Å². The third kappa shape index (κ3) is 6.27. The number of nitrogens with zero attached hydrogens (tertiary/aromatic N) is 4. The number of fused-ring (bicyclic) bond motifs is 1. The maximum atomic E-state index is 15.1. The zero-order chi connectivity index (χ0) is 26.6. The quantitative estimate of drug-likeness (QED) is 0.274. The van der Waals surface area contributed by atoms with Gasteiger partial charge in [-0.05, 0) is 26.0 Å². The standard InChI is InChI=1S/C22H26F3N6O5P/c1-13(2)34-16(32)9-30-37(36-14-6-4-3-5-7-14)33-10-22(21(24)25)8-15(23)20(35-22)31-12-29-17-18(26)27-11-28-19(17)31/h3-7,11-13,15,20-21,30H,8-10H2,1-2H3,(H2,26,27,28). The van der Waals surface area contributed by atoms with Crippen molar-refractivity contribution >= 4 is 31.5 Å². The summed E-state index contributed by atoms with van der Waals surface area (Å²) in [7, 11) is -2.12. The monoisotopic (exact) mass is 542 g/mol. The molecule has 3 N–H and O–H groups in total. The number of ether oxygens (including phenoxy) is 2. The summed E-state index contributed by atoms with van der Waals surface area (Å²) in [4.78, 5) is 23.9. The molecule has 0 spiro atoms. The van der Waals surface area contributed by atoms with Crippen molar-refractivity contribution in [3.63, 3.8) is 0 Å². The second kappa shape index (κ2) is 11.5. The maximum absolute atomic E-state index is 15.1. The molecule has 0 amide bonds. The highest BCUT2D eigenvalue weighted by Gasteiger charge is 2.55. The van der Waals surface area contributed by atoms with Crippen LogP contribution in [0.5, 0.6) is 5.75 Å². The van der Waals surface area contributed by atoms with Crippen molar-refractivity contribution in [3.05, 3.63) is 43.0 Å². The lowest BCUT2D eigenvalue weighted by Crippen LogP contribution is -2.42. The smallest absolute Gasteiger partial charge is 0.320 e. The predicted molar refractivity (Wildman–Crippen MR) is 127 cm³/mol. The summed E-state index contributed by atoms with van der Waals surface area (Å²) in [6, 6.07) is 8.45. The van der Waals surface area contributed by atoms with E-state index in [1.807, 2.05) is 0 Å². The molecule has 15 heteroatoms. The van der Waals surface area contributed by atoms with E-state index in [4.69, 9.17) is 24.3 Å². The molecule has 200 valence electrons. The Morgan fingerprint density at radius 2 is 2.05 bits per heavy atom. The SMILES string of the molecule is CC(C)OC(=O)CNP(OCC1(C(F)F)CC(F)C(n2cnc3c(N)ncnc32)O1)Oc1ccccc1. The molecule has 0 bridgehead atoms. The molecular weight excluding hydrogens is 516 g/mol. The zero-order valence-corrected chi connectivity index (χ0v) is 20.9. The van der Waals surface area contributed by atoms with Gasteiger partial charge in [0, 0.05) is 6.42 Å². The average molecular weight is 542 g/mol. The average Bonchev–Trinajstić information content (AvgIpc) is 3.43. The van der Waals surface area contributed by atoms with Crippen LogP contribution in [0.25, 0.3) is 11.2 Å². The molecule has 2 aromatic heterocycles. The van der Waals surface area contributed by atoms with Gasteiger partial charge in [-0.1, -0.05) is 18.2 Å². The molecule has 4 atom stereocenters. The molecule has 4 unspecified atom stereocenters. The van der Waals surface area contributed by atoms with Gasteiger partial charge in [0.15, 0.2) is 23.3 Å². The lowest BCUT2D eigenvalue weighted by atomic mass is 10.0. The van der Waals surface area contributed by atoms with Crippen molar-refractivity contribution in [2.75, 3.05) is 18.9 Å². The van der Waals surface area contributed by atoms with Gasteiger partial charge in [-0.3, -0.25) is 9.36 Å². The Kier molecular flexibility index (Phi) is 8.42. The van der Waals surface area contributed by atoms with Crippen LogP contribution in [0.1, 0.15) is 26.5 Å². The lowest BCUT2D eigenvalue weighted by Gasteiger charge is -2.29. The van der Waals surface area contributed by atoms with E-state index in [9.17, 15) is 13.6 Å². The van der Waals surface area contributed by atoms with Gasteiger partial charge in [-0.15, -0.1) is 0 Å². The first-order valence-electron chi connectivity index (χ1n) is 11.3. The van der Waals surface area contributed by atoms with Gasteiger partial charge in [0.05, 0.1) is 19.0 Å². The van der Waals surface area contributed by atoms with Crippen molar-refractivity contribution in [1.82, 2.24) is 24.6 Å². The fourth-order valence-corrected chi connectivity index (χ4v) is 4.78. The van der Waals surface area contributed by atoms with Crippen LogP contribution in [0.15, 0.2) is 43.0 Å². The van der Waals surface area contributed by atoms with Gasteiger partial charge in [0.1, 0.15) is 30.3 Å². The van der Waals surface area contributed by atoms with Crippen LogP contribution in [0, 0.1) is 0 Å². The normalized spacial score (nSPS) is 22.6. The number of anilines is 1. The highest BCUT2D eigenvalue weighted by molar-refractivity contribution is 7.45. The molecule has 1 aliphatic rings. The molecule has 0 saturated carbocycles. The van der Waals surface area contributed by atoms with Crippen LogP contribution in [0.3, 0.4) is 0 Å². The molecule has 3 heterocycles. The number of esters is 1. The molecule has 37 heavy (non-hydrogen) atoms. The molecule has 0 aliphatic carbocycles. The molecule has 3 aromatic rings. The number of carbonyl (C=O) groups excluding carboxylic acids is 1. The van der Waals surface area contributed by atoms with E-state index in [1.165, 1.54) is 10.9 Å². The molecular formula is C22H26F3N6O5P. The summed E-state index contributed by atoms with van der Waals surface area (Å²) in [6.07, 6.45) is -5.03. The Morgan fingerprint density at radius 3 is 2.76 bits per heavy atom. The summed E-state index contributed by atoms with van der Waals surface area (Å²) in [5.74, 6) is -0.146. The van der Waals surface area contributed by atoms with E-state index in [-0.39, 0.29) is 29.6 Å². The van der Waals surface area contributed by atoms with E-state index in [0.717, 1.165) is 6.33 Å². The Bertz CT molecular complexity index is 1210. The Balaban J connectivity index is 1.50. The first kappa shape index (κ1) is 27.0. The molecule has 1 aliphatic heterocycles. The number of imidazole rings is 1. The number of aromatic nitrogens is 4. The van der Waals surface area contributed by atoms with Gasteiger partial charge in [0.25, 0.3) is 6.43 Å². The van der Waals surface area contributed by atoms with Crippen molar-refractivity contribution in [2.45, 2.75) is 50.8 Å². The minimum absolute atomic E-state index is 0.0615. The van der Waals surface area contributed by atoms with Crippen LogP contribution in [0.4, 0.5) is 19.0 Å². The summed E-state index contributed by atoms with van der Waals surface area (Å²) >= 11 is 0. The Labute approximate surface area is 211 Å². The van der Waals surface area contributed by atoms with Gasteiger partial charge < -0.3 is 24.3 Å². The van der Waals surface area contributed by atoms with Gasteiger partial charge in [-0.2, -0.15) is 0 Å². The predicted octanol–water partition coefficient (Wildman–Crippen LogP) is 3.53. The van der Waals surface area contributed by atoms with E-state index in [0.29, 0.717) is 5.75 Å². The van der Waals surface area contributed by atoms with Crippen LogP contribution in [0.2, 0.25) is 0 Å². The summed E-state index contributed by atoms with van der Waals surface area (Å²) in [5, 5.41) is 2.74. The minimum atomic E-state index is -3.11. The Hall–Kier alpha value is -3.06. The Morgan fingerprint density at radius 1 is 1.30 bits per heavy atom. The lowest BCUT2D eigenvalue weighted by molar-refractivity contribution is -0.166. The first-order valence-corrected chi connectivity index (χ1v) is 12.5. The number of alkyl halides is 3. The number of benzene rings is 1. The number of carbonyl (C=O) groups is 1. The fraction of sp³-hybridized carbons (Fsp3) is 0.455. The minimum Gasteiger partial charge on any atom is -0.462 e. The molecule has 1 saturated heterocycles. The van der Waals surface area contributed by atoms with E-state index in [2.05, 4.69) is 20.0 Å². The van der Waals surface area contributed by atoms with Gasteiger partial charge >= 0.3 is 14.5 Å².